The van der Waals surface area contributed by atoms with E-state index in [1.807, 2.05) is 37.3 Å². The number of hydrogen-bond acceptors (Lipinski definition) is 5. The molecule has 1 atom stereocenters. The number of nitrogens with two attached hydrogens (primary N) is 1. The first kappa shape index (κ1) is 11.7. The number of nitrogens with one attached hydrogen (secondary N) is 1. The molecule has 0 aliphatic carbocycles. The molecule has 6 heteroatoms. The summed E-state index contributed by atoms with van der Waals surface area (Å²) in [4.78, 5) is 11.8. The minimum Gasteiger partial charge on any atom is -0.316 e. The number of carbonyl (C=O) groups is 1. The zero-order valence-electron chi connectivity index (χ0n) is 9.25. The Balaban J connectivity index is 2.06. The van der Waals surface area contributed by atoms with Gasteiger partial charge in [0.25, 0.3) is 0 Å². The second-order valence-electron chi connectivity index (χ2n) is 3.50. The molecule has 0 spiro atoms. The van der Waals surface area contributed by atoms with Crippen molar-refractivity contribution >= 4 is 22.4 Å². The van der Waals surface area contributed by atoms with Gasteiger partial charge in [0.1, 0.15) is 11.0 Å². The second-order valence-corrected chi connectivity index (χ2v) is 4.69. The highest BCUT2D eigenvalue weighted by Gasteiger charge is 2.16. The number of rotatable bonds is 3. The molecule has 1 amide bonds. The SMILES string of the molecule is Cc1nnc(NC(=O)C(N)c2ccccc2)s1. The van der Waals surface area contributed by atoms with Gasteiger partial charge in [0.05, 0.1) is 0 Å². The quantitative estimate of drug-likeness (QED) is 0.862. The number of anilines is 1. The molecule has 1 heterocycles. The molecule has 0 aliphatic rings. The van der Waals surface area contributed by atoms with Crippen molar-refractivity contribution in [2.45, 2.75) is 13.0 Å². The number of nitrogens with zero attached hydrogens (tertiary/aromatic N) is 2. The van der Waals surface area contributed by atoms with E-state index in [1.165, 1.54) is 11.3 Å². The van der Waals surface area contributed by atoms with Crippen LogP contribution in [0.2, 0.25) is 0 Å². The standard InChI is InChI=1S/C11H12N4OS/c1-7-14-15-11(17-7)13-10(16)9(12)8-5-3-2-4-6-8/h2-6,9H,12H2,1H3,(H,13,15,16). The third kappa shape index (κ3) is 2.86. The van der Waals surface area contributed by atoms with Crippen molar-refractivity contribution in [3.05, 3.63) is 40.9 Å². The zero-order chi connectivity index (χ0) is 12.3. The van der Waals surface area contributed by atoms with Crippen LogP contribution in [0, 0.1) is 6.92 Å². The first-order valence-corrected chi connectivity index (χ1v) is 5.90. The van der Waals surface area contributed by atoms with Crippen molar-refractivity contribution in [1.82, 2.24) is 10.2 Å². The van der Waals surface area contributed by atoms with Gasteiger partial charge < -0.3 is 5.73 Å². The highest BCUT2D eigenvalue weighted by atomic mass is 32.1. The summed E-state index contributed by atoms with van der Waals surface area (Å²) in [7, 11) is 0. The van der Waals surface area contributed by atoms with Gasteiger partial charge in [-0.1, -0.05) is 41.7 Å². The van der Waals surface area contributed by atoms with Crippen LogP contribution in [0.4, 0.5) is 5.13 Å². The summed E-state index contributed by atoms with van der Waals surface area (Å²) in [6, 6.07) is 8.50. The Morgan fingerprint density at radius 1 is 1.35 bits per heavy atom. The van der Waals surface area contributed by atoms with Gasteiger partial charge in [0.2, 0.25) is 11.0 Å². The Kier molecular flexibility index (Phi) is 3.46. The molecule has 0 fully saturated rings. The van der Waals surface area contributed by atoms with E-state index in [9.17, 15) is 4.79 Å². The van der Waals surface area contributed by atoms with Crippen LogP contribution < -0.4 is 11.1 Å². The summed E-state index contributed by atoms with van der Waals surface area (Å²) < 4.78 is 0. The van der Waals surface area contributed by atoms with E-state index in [0.717, 1.165) is 10.6 Å². The van der Waals surface area contributed by atoms with Gasteiger partial charge in [-0.3, -0.25) is 10.1 Å². The van der Waals surface area contributed by atoms with Crippen LogP contribution in [0.3, 0.4) is 0 Å². The fraction of sp³-hybridized carbons (Fsp3) is 0.182. The zero-order valence-corrected chi connectivity index (χ0v) is 10.1. The van der Waals surface area contributed by atoms with E-state index in [2.05, 4.69) is 15.5 Å². The van der Waals surface area contributed by atoms with Crippen molar-refractivity contribution in [3.63, 3.8) is 0 Å². The van der Waals surface area contributed by atoms with Crippen molar-refractivity contribution < 1.29 is 4.79 Å². The largest absolute Gasteiger partial charge is 0.316 e. The van der Waals surface area contributed by atoms with Gasteiger partial charge in [0.15, 0.2) is 0 Å². The first-order chi connectivity index (χ1) is 8.16. The van der Waals surface area contributed by atoms with Crippen molar-refractivity contribution in [2.24, 2.45) is 5.73 Å². The molecule has 1 aromatic heterocycles. The lowest BCUT2D eigenvalue weighted by molar-refractivity contribution is -0.117. The molecule has 0 radical (unpaired) electrons. The third-order valence-electron chi connectivity index (χ3n) is 2.20. The van der Waals surface area contributed by atoms with E-state index in [1.54, 1.807) is 0 Å². The highest BCUT2D eigenvalue weighted by molar-refractivity contribution is 7.15. The maximum absolute atomic E-state index is 11.8. The van der Waals surface area contributed by atoms with Gasteiger partial charge in [-0.15, -0.1) is 10.2 Å². The minimum atomic E-state index is -0.694. The number of aryl methyl sites for hydroxylation is 1. The molecule has 0 saturated carbocycles. The molecule has 17 heavy (non-hydrogen) atoms. The minimum absolute atomic E-state index is 0.285. The molecule has 1 aromatic carbocycles. The van der Waals surface area contributed by atoms with E-state index in [0.29, 0.717) is 5.13 Å². The topological polar surface area (TPSA) is 80.9 Å². The van der Waals surface area contributed by atoms with E-state index >= 15 is 0 Å². The summed E-state index contributed by atoms with van der Waals surface area (Å²) >= 11 is 1.32. The van der Waals surface area contributed by atoms with Crippen molar-refractivity contribution in [2.75, 3.05) is 5.32 Å². The lowest BCUT2D eigenvalue weighted by Crippen LogP contribution is -2.27. The Bertz CT molecular complexity index is 511. The van der Waals surface area contributed by atoms with E-state index < -0.39 is 6.04 Å². The van der Waals surface area contributed by atoms with Gasteiger partial charge >= 0.3 is 0 Å². The van der Waals surface area contributed by atoms with Crippen molar-refractivity contribution in [1.29, 1.82) is 0 Å². The van der Waals surface area contributed by atoms with Crippen LogP contribution in [-0.2, 0) is 4.79 Å². The Morgan fingerprint density at radius 3 is 2.65 bits per heavy atom. The molecule has 3 N–H and O–H groups in total. The second kappa shape index (κ2) is 5.03. The molecule has 88 valence electrons. The van der Waals surface area contributed by atoms with Crippen LogP contribution in [0.25, 0.3) is 0 Å². The van der Waals surface area contributed by atoms with Crippen LogP contribution in [0.1, 0.15) is 16.6 Å². The van der Waals surface area contributed by atoms with Gasteiger partial charge in [0, 0.05) is 0 Å². The number of hydrogen-bond donors (Lipinski definition) is 2. The fourth-order valence-corrected chi connectivity index (χ4v) is 1.94. The summed E-state index contributed by atoms with van der Waals surface area (Å²) in [6.07, 6.45) is 0. The van der Waals surface area contributed by atoms with Crippen molar-refractivity contribution in [3.8, 4) is 0 Å². The van der Waals surface area contributed by atoms with Crippen LogP contribution in [0.15, 0.2) is 30.3 Å². The maximum atomic E-state index is 11.8. The summed E-state index contributed by atoms with van der Waals surface area (Å²) in [6.45, 7) is 1.82. The Morgan fingerprint density at radius 2 is 2.06 bits per heavy atom. The van der Waals surface area contributed by atoms with Gasteiger partial charge in [-0.05, 0) is 12.5 Å². The molecular formula is C11H12N4OS. The predicted octanol–water partition coefficient (Wildman–Crippen LogP) is 1.49. The van der Waals surface area contributed by atoms with Crippen LogP contribution in [0.5, 0.6) is 0 Å². The molecule has 0 aliphatic heterocycles. The van der Waals surface area contributed by atoms with Crippen LogP contribution in [-0.4, -0.2) is 16.1 Å². The van der Waals surface area contributed by atoms with Gasteiger partial charge in [-0.25, -0.2) is 0 Å². The van der Waals surface area contributed by atoms with E-state index in [-0.39, 0.29) is 5.91 Å². The van der Waals surface area contributed by atoms with E-state index in [4.69, 9.17) is 5.73 Å². The molecule has 2 rings (SSSR count). The number of carbonyl (C=O) groups excluding carboxylic acids is 1. The molecule has 0 saturated heterocycles. The monoisotopic (exact) mass is 248 g/mol. The molecular weight excluding hydrogens is 236 g/mol. The Hall–Kier alpha value is -1.79. The Labute approximate surface area is 103 Å². The molecule has 5 nitrogen and oxygen atoms in total. The van der Waals surface area contributed by atoms with Crippen LogP contribution >= 0.6 is 11.3 Å². The molecule has 2 aromatic rings. The number of amides is 1. The first-order valence-electron chi connectivity index (χ1n) is 5.08. The lowest BCUT2D eigenvalue weighted by atomic mass is 10.1. The highest BCUT2D eigenvalue weighted by Crippen LogP contribution is 2.16. The summed E-state index contributed by atoms with van der Waals surface area (Å²) in [5.74, 6) is -0.285. The molecule has 1 unspecified atom stereocenters. The number of benzene rings is 1. The predicted molar refractivity (Wildman–Crippen MR) is 66.6 cm³/mol. The molecule has 0 bridgehead atoms. The lowest BCUT2D eigenvalue weighted by Gasteiger charge is -2.10. The smallest absolute Gasteiger partial charge is 0.247 e. The average molecular weight is 248 g/mol. The third-order valence-corrected chi connectivity index (χ3v) is 2.95. The normalized spacial score (nSPS) is 12.1. The maximum Gasteiger partial charge on any atom is 0.247 e. The number of aromatic nitrogens is 2. The van der Waals surface area contributed by atoms with Gasteiger partial charge in [-0.2, -0.15) is 0 Å². The average Bonchev–Trinajstić information content (AvgIpc) is 2.75. The fourth-order valence-electron chi connectivity index (χ4n) is 1.34. The summed E-state index contributed by atoms with van der Waals surface area (Å²) in [5, 5.41) is 11.5. The summed E-state index contributed by atoms with van der Waals surface area (Å²) in [5.41, 5.74) is 6.61.